The Morgan fingerprint density at radius 1 is 1.10 bits per heavy atom. The summed E-state index contributed by atoms with van der Waals surface area (Å²) in [4.78, 5) is 13.4. The molecule has 2 aliphatic rings. The fourth-order valence-electron chi connectivity index (χ4n) is 4.90. The molecule has 2 aliphatic heterocycles. The first-order valence-corrected chi connectivity index (χ1v) is 11.2. The Morgan fingerprint density at radius 2 is 1.87 bits per heavy atom. The van der Waals surface area contributed by atoms with E-state index < -0.39 is 0 Å². The molecule has 0 radical (unpaired) electrons. The van der Waals surface area contributed by atoms with Gasteiger partial charge in [-0.3, -0.25) is 9.80 Å². The van der Waals surface area contributed by atoms with Crippen LogP contribution in [0.15, 0.2) is 43.0 Å². The molecule has 0 unspecified atom stereocenters. The number of benzene rings is 1. The number of nitrogens with zero attached hydrogens (tertiary/aromatic N) is 4. The van der Waals surface area contributed by atoms with E-state index >= 15 is 0 Å². The Morgan fingerprint density at radius 3 is 2.60 bits per heavy atom. The lowest BCUT2D eigenvalue weighted by molar-refractivity contribution is -0.0655. The van der Waals surface area contributed by atoms with Crippen LogP contribution in [0.25, 0.3) is 0 Å². The van der Waals surface area contributed by atoms with Gasteiger partial charge in [0.2, 0.25) is 0 Å². The van der Waals surface area contributed by atoms with Crippen molar-refractivity contribution in [1.29, 1.82) is 0 Å². The summed E-state index contributed by atoms with van der Waals surface area (Å²) in [7, 11) is 0. The van der Waals surface area contributed by atoms with E-state index in [0.717, 1.165) is 50.1 Å². The third kappa shape index (κ3) is 4.73. The van der Waals surface area contributed by atoms with Gasteiger partial charge in [-0.25, -0.2) is 9.97 Å². The summed E-state index contributed by atoms with van der Waals surface area (Å²) in [5, 5.41) is 10.1. The first-order valence-electron chi connectivity index (χ1n) is 11.2. The molecule has 2 saturated heterocycles. The molecule has 0 spiro atoms. The summed E-state index contributed by atoms with van der Waals surface area (Å²) in [5.41, 5.74) is 3.56. The number of aromatic nitrogens is 2. The highest BCUT2D eigenvalue weighted by atomic mass is 16.3. The van der Waals surface area contributed by atoms with Crippen LogP contribution in [0.4, 0.5) is 0 Å². The second-order valence-electron chi connectivity index (χ2n) is 8.44. The van der Waals surface area contributed by atoms with Crippen molar-refractivity contribution >= 4 is 0 Å². The van der Waals surface area contributed by atoms with Gasteiger partial charge in [0.25, 0.3) is 0 Å². The number of rotatable bonds is 5. The molecule has 158 valence electrons. The summed E-state index contributed by atoms with van der Waals surface area (Å²) in [6.45, 7) is 6.43. The van der Waals surface area contributed by atoms with Crippen LogP contribution in [0.1, 0.15) is 55.2 Å². The van der Waals surface area contributed by atoms with Crippen molar-refractivity contribution in [2.75, 3.05) is 26.2 Å². The maximum atomic E-state index is 10.1. The molecular formula is C25H32N4O. The number of hydrogen-bond acceptors (Lipinski definition) is 5. The zero-order valence-electron chi connectivity index (χ0n) is 17.9. The molecule has 2 aromatic rings. The van der Waals surface area contributed by atoms with Crippen molar-refractivity contribution in [3.63, 3.8) is 0 Å². The van der Waals surface area contributed by atoms with Gasteiger partial charge >= 0.3 is 0 Å². The molecule has 3 atom stereocenters. The average molecular weight is 405 g/mol. The number of unbranched alkanes of at least 4 members (excludes halogenated alkanes) is 1. The standard InChI is InChI=1S/C25H32N4O/c1-2-3-4-7-20-8-10-22(11-9-20)25-23-17-28(16-21-14-26-19-27-15-21)12-5-6-13-29(23)24(25)18-30/h8-11,14-15,19,23-25,30H,2-3,5-6,12-13,16-18H2,1H3/t23-,24+,25-/m0/s1. The van der Waals surface area contributed by atoms with Gasteiger partial charge in [0.1, 0.15) is 6.33 Å². The zero-order chi connectivity index (χ0) is 20.8. The minimum absolute atomic E-state index is 0.214. The predicted octanol–water partition coefficient (Wildman–Crippen LogP) is 3.05. The van der Waals surface area contributed by atoms with E-state index in [1.165, 1.54) is 18.4 Å². The SMILES string of the molecule is CCCC#Cc1ccc([C@@H]2[C@@H](CO)N3CCCCN(Cc4cncnc4)C[C@@H]23)cc1. The molecule has 1 N–H and O–H groups in total. The van der Waals surface area contributed by atoms with E-state index in [0.29, 0.717) is 12.0 Å². The van der Waals surface area contributed by atoms with Gasteiger partial charge in [-0.2, -0.15) is 0 Å². The number of hydrogen-bond donors (Lipinski definition) is 1. The van der Waals surface area contributed by atoms with Gasteiger partial charge in [-0.15, -0.1) is 0 Å². The summed E-state index contributed by atoms with van der Waals surface area (Å²) < 4.78 is 0. The molecule has 0 aliphatic carbocycles. The molecule has 0 bridgehead atoms. The maximum Gasteiger partial charge on any atom is 0.115 e. The molecular weight excluding hydrogens is 372 g/mol. The number of aliphatic hydroxyl groups is 1. The largest absolute Gasteiger partial charge is 0.395 e. The quantitative estimate of drug-likeness (QED) is 0.777. The van der Waals surface area contributed by atoms with Crippen LogP contribution in [0.2, 0.25) is 0 Å². The van der Waals surface area contributed by atoms with Gasteiger partial charge in [0.15, 0.2) is 0 Å². The fourth-order valence-corrected chi connectivity index (χ4v) is 4.90. The number of fused-ring (bicyclic) bond motifs is 1. The first-order chi connectivity index (χ1) is 14.8. The fraction of sp³-hybridized carbons (Fsp3) is 0.520. The third-order valence-corrected chi connectivity index (χ3v) is 6.38. The second-order valence-corrected chi connectivity index (χ2v) is 8.44. The van der Waals surface area contributed by atoms with Crippen molar-refractivity contribution in [3.8, 4) is 11.8 Å². The van der Waals surface area contributed by atoms with Crippen molar-refractivity contribution in [2.24, 2.45) is 0 Å². The highest BCUT2D eigenvalue weighted by Crippen LogP contribution is 2.42. The highest BCUT2D eigenvalue weighted by molar-refractivity contribution is 5.39. The highest BCUT2D eigenvalue weighted by Gasteiger charge is 2.48. The van der Waals surface area contributed by atoms with Gasteiger partial charge in [0, 0.05) is 61.0 Å². The normalized spacial score (nSPS) is 24.7. The molecule has 5 heteroatoms. The third-order valence-electron chi connectivity index (χ3n) is 6.38. The first kappa shape index (κ1) is 21.0. The Labute approximate surface area is 180 Å². The van der Waals surface area contributed by atoms with Crippen LogP contribution in [0.3, 0.4) is 0 Å². The monoisotopic (exact) mass is 404 g/mol. The summed E-state index contributed by atoms with van der Waals surface area (Å²) >= 11 is 0. The molecule has 5 nitrogen and oxygen atoms in total. The molecule has 1 aromatic carbocycles. The minimum atomic E-state index is 0.214. The van der Waals surface area contributed by atoms with Gasteiger partial charge in [-0.1, -0.05) is 30.9 Å². The lowest BCUT2D eigenvalue weighted by Gasteiger charge is -2.57. The van der Waals surface area contributed by atoms with E-state index in [1.807, 2.05) is 12.4 Å². The van der Waals surface area contributed by atoms with Crippen molar-refractivity contribution in [1.82, 2.24) is 19.8 Å². The molecule has 0 saturated carbocycles. The zero-order valence-corrected chi connectivity index (χ0v) is 17.9. The molecule has 3 heterocycles. The second kappa shape index (κ2) is 10.2. The van der Waals surface area contributed by atoms with E-state index in [1.54, 1.807) is 6.33 Å². The van der Waals surface area contributed by atoms with Crippen LogP contribution in [0, 0.1) is 11.8 Å². The minimum Gasteiger partial charge on any atom is -0.395 e. The molecule has 0 amide bonds. The van der Waals surface area contributed by atoms with Crippen LogP contribution in [-0.2, 0) is 6.54 Å². The Hall–Kier alpha value is -2.26. The molecule has 30 heavy (non-hydrogen) atoms. The Kier molecular flexibility index (Phi) is 7.11. The average Bonchev–Trinajstić information content (AvgIpc) is 2.76. The van der Waals surface area contributed by atoms with Crippen LogP contribution < -0.4 is 0 Å². The van der Waals surface area contributed by atoms with Crippen molar-refractivity contribution in [3.05, 3.63) is 59.7 Å². The van der Waals surface area contributed by atoms with Gasteiger partial charge < -0.3 is 5.11 Å². The van der Waals surface area contributed by atoms with Crippen LogP contribution >= 0.6 is 0 Å². The molecule has 2 fully saturated rings. The summed E-state index contributed by atoms with van der Waals surface area (Å²) in [6.07, 6.45) is 9.80. The summed E-state index contributed by atoms with van der Waals surface area (Å²) in [6, 6.07) is 9.36. The topological polar surface area (TPSA) is 52.5 Å². The Bertz CT molecular complexity index is 858. The van der Waals surface area contributed by atoms with E-state index in [-0.39, 0.29) is 12.6 Å². The molecule has 4 rings (SSSR count). The van der Waals surface area contributed by atoms with Crippen LogP contribution in [0.5, 0.6) is 0 Å². The summed E-state index contributed by atoms with van der Waals surface area (Å²) in [5.74, 6) is 6.84. The van der Waals surface area contributed by atoms with Crippen molar-refractivity contribution < 1.29 is 5.11 Å². The van der Waals surface area contributed by atoms with Gasteiger partial charge in [0.05, 0.1) is 6.61 Å². The van der Waals surface area contributed by atoms with E-state index in [9.17, 15) is 5.11 Å². The lowest BCUT2D eigenvalue weighted by Crippen LogP contribution is -2.67. The Balaban J connectivity index is 1.50. The van der Waals surface area contributed by atoms with Crippen LogP contribution in [-0.4, -0.2) is 63.2 Å². The van der Waals surface area contributed by atoms with E-state index in [4.69, 9.17) is 0 Å². The smallest absolute Gasteiger partial charge is 0.115 e. The van der Waals surface area contributed by atoms with Gasteiger partial charge in [-0.05, 0) is 50.0 Å². The van der Waals surface area contributed by atoms with E-state index in [2.05, 4.69) is 62.8 Å². The van der Waals surface area contributed by atoms with Crippen molar-refractivity contribution in [2.45, 2.75) is 57.2 Å². The number of aliphatic hydroxyl groups excluding tert-OH is 1. The molecule has 1 aromatic heterocycles. The maximum absolute atomic E-state index is 10.1. The predicted molar refractivity (Wildman–Crippen MR) is 119 cm³/mol. The lowest BCUT2D eigenvalue weighted by atomic mass is 9.74.